The maximum Gasteiger partial charge on any atom is 0.333 e. The number of benzene rings is 1. The topological polar surface area (TPSA) is 81.2 Å². The van der Waals surface area contributed by atoms with Gasteiger partial charge in [0, 0.05) is 18.2 Å². The van der Waals surface area contributed by atoms with E-state index in [2.05, 4.69) is 11.6 Å². The van der Waals surface area contributed by atoms with Crippen LogP contribution in [-0.4, -0.2) is 28.0 Å². The highest BCUT2D eigenvalue weighted by Crippen LogP contribution is 2.14. The first-order valence-corrected chi connectivity index (χ1v) is 9.08. The number of esters is 1. The standard InChI is InChI=1S/C20H22N2O4S/c1-14(2)19(25)26-12-8-4-7-11-17(23)22-13-16(18(24)21-20(22)27)15-9-5-3-6-10-15/h3,5-6,9-10,13H,1,4,7-8,11-12H2,2H3,(H,21,24,27). The van der Waals surface area contributed by atoms with Crippen LogP contribution in [0, 0.1) is 4.77 Å². The minimum atomic E-state index is -0.404. The van der Waals surface area contributed by atoms with E-state index in [4.69, 9.17) is 17.0 Å². The van der Waals surface area contributed by atoms with Crippen molar-refractivity contribution in [3.8, 4) is 11.1 Å². The molecule has 2 rings (SSSR count). The highest BCUT2D eigenvalue weighted by Gasteiger charge is 2.11. The van der Waals surface area contributed by atoms with Crippen molar-refractivity contribution in [3.05, 3.63) is 63.8 Å². The molecule has 1 aromatic carbocycles. The molecule has 27 heavy (non-hydrogen) atoms. The van der Waals surface area contributed by atoms with E-state index in [-0.39, 0.29) is 22.7 Å². The van der Waals surface area contributed by atoms with E-state index in [1.807, 2.05) is 18.2 Å². The van der Waals surface area contributed by atoms with Gasteiger partial charge in [0.25, 0.3) is 5.56 Å². The Balaban J connectivity index is 1.95. The number of hydrogen-bond donors (Lipinski definition) is 1. The first-order valence-electron chi connectivity index (χ1n) is 8.67. The van der Waals surface area contributed by atoms with Gasteiger partial charge in [0.05, 0.1) is 12.2 Å². The summed E-state index contributed by atoms with van der Waals surface area (Å²) in [5.74, 6) is -0.591. The fourth-order valence-corrected chi connectivity index (χ4v) is 2.69. The number of unbranched alkanes of at least 4 members (excludes halogenated alkanes) is 2. The van der Waals surface area contributed by atoms with Gasteiger partial charge in [-0.2, -0.15) is 0 Å². The molecule has 6 nitrogen and oxygen atoms in total. The lowest BCUT2D eigenvalue weighted by Crippen LogP contribution is -2.20. The molecule has 7 heteroatoms. The van der Waals surface area contributed by atoms with Crippen molar-refractivity contribution in [2.45, 2.75) is 32.6 Å². The quantitative estimate of drug-likeness (QED) is 0.322. The number of aromatic amines is 1. The number of carbonyl (C=O) groups is 2. The molecule has 142 valence electrons. The van der Waals surface area contributed by atoms with Crippen LogP contribution in [0.4, 0.5) is 0 Å². The Kier molecular flexibility index (Phi) is 7.43. The summed E-state index contributed by atoms with van der Waals surface area (Å²) < 4.78 is 6.40. The van der Waals surface area contributed by atoms with Crippen molar-refractivity contribution >= 4 is 24.1 Å². The van der Waals surface area contributed by atoms with Crippen molar-refractivity contribution in [1.29, 1.82) is 0 Å². The first-order chi connectivity index (χ1) is 12.9. The maximum atomic E-state index is 12.5. The van der Waals surface area contributed by atoms with Gasteiger partial charge in [-0.15, -0.1) is 0 Å². The van der Waals surface area contributed by atoms with Crippen molar-refractivity contribution in [3.63, 3.8) is 0 Å². The largest absolute Gasteiger partial charge is 0.462 e. The monoisotopic (exact) mass is 386 g/mol. The summed E-state index contributed by atoms with van der Waals surface area (Å²) in [6, 6.07) is 9.10. The van der Waals surface area contributed by atoms with E-state index in [1.54, 1.807) is 19.1 Å². The molecule has 0 spiro atoms. The van der Waals surface area contributed by atoms with Gasteiger partial charge in [0.1, 0.15) is 0 Å². The lowest BCUT2D eigenvalue weighted by atomic mass is 10.1. The Labute approximate surface area is 162 Å². The maximum absolute atomic E-state index is 12.5. The van der Waals surface area contributed by atoms with E-state index in [0.29, 0.717) is 30.6 Å². The van der Waals surface area contributed by atoms with Crippen LogP contribution in [-0.2, 0) is 9.53 Å². The molecule has 0 bridgehead atoms. The number of nitrogens with one attached hydrogen (secondary N) is 1. The summed E-state index contributed by atoms with van der Waals surface area (Å²) in [7, 11) is 0. The Morgan fingerprint density at radius 2 is 1.89 bits per heavy atom. The van der Waals surface area contributed by atoms with Crippen LogP contribution < -0.4 is 5.56 Å². The Morgan fingerprint density at radius 1 is 1.19 bits per heavy atom. The predicted octanol–water partition coefficient (Wildman–Crippen LogP) is 3.89. The number of hydrogen-bond acceptors (Lipinski definition) is 5. The molecule has 0 radical (unpaired) electrons. The predicted molar refractivity (Wildman–Crippen MR) is 106 cm³/mol. The van der Waals surface area contributed by atoms with E-state index in [1.165, 1.54) is 10.8 Å². The van der Waals surface area contributed by atoms with Gasteiger partial charge in [-0.3, -0.25) is 19.1 Å². The average Bonchev–Trinajstić information content (AvgIpc) is 2.64. The first kappa shape index (κ1) is 20.5. The van der Waals surface area contributed by atoms with Crippen molar-refractivity contribution in [2.75, 3.05) is 6.61 Å². The summed E-state index contributed by atoms with van der Waals surface area (Å²) >= 11 is 5.12. The van der Waals surface area contributed by atoms with Crippen LogP contribution in [0.1, 0.15) is 37.4 Å². The zero-order valence-electron chi connectivity index (χ0n) is 15.2. The second-order valence-electron chi connectivity index (χ2n) is 6.16. The summed E-state index contributed by atoms with van der Waals surface area (Å²) in [4.78, 5) is 38.4. The highest BCUT2D eigenvalue weighted by molar-refractivity contribution is 7.71. The third-order valence-corrected chi connectivity index (χ3v) is 4.21. The molecule has 0 unspecified atom stereocenters. The molecular weight excluding hydrogens is 364 g/mol. The van der Waals surface area contributed by atoms with Crippen LogP contribution in [0.25, 0.3) is 11.1 Å². The molecule has 2 aromatic rings. The molecule has 1 N–H and O–H groups in total. The third kappa shape index (κ3) is 5.86. The third-order valence-electron chi connectivity index (χ3n) is 3.91. The fourth-order valence-electron chi connectivity index (χ4n) is 2.44. The Bertz CT molecular complexity index is 944. The van der Waals surface area contributed by atoms with Gasteiger partial charge in [-0.1, -0.05) is 36.9 Å². The minimum Gasteiger partial charge on any atom is -0.462 e. The lowest BCUT2D eigenvalue weighted by molar-refractivity contribution is -0.139. The number of ether oxygens (including phenoxy) is 1. The van der Waals surface area contributed by atoms with Gasteiger partial charge in [-0.25, -0.2) is 4.79 Å². The van der Waals surface area contributed by atoms with Crippen LogP contribution in [0.3, 0.4) is 0 Å². The van der Waals surface area contributed by atoms with Crippen LogP contribution in [0.5, 0.6) is 0 Å². The molecule has 1 heterocycles. The summed E-state index contributed by atoms with van der Waals surface area (Å²) in [6.45, 7) is 5.41. The molecule has 0 saturated heterocycles. The van der Waals surface area contributed by atoms with Gasteiger partial charge in [0.15, 0.2) is 4.77 Å². The second-order valence-corrected chi connectivity index (χ2v) is 6.55. The van der Waals surface area contributed by atoms with Gasteiger partial charge >= 0.3 is 5.97 Å². The highest BCUT2D eigenvalue weighted by atomic mass is 32.1. The Hall–Kier alpha value is -2.80. The van der Waals surface area contributed by atoms with E-state index >= 15 is 0 Å². The molecule has 0 amide bonds. The number of aromatic nitrogens is 2. The van der Waals surface area contributed by atoms with E-state index in [0.717, 1.165) is 12.0 Å². The molecule has 0 aliphatic rings. The van der Waals surface area contributed by atoms with Crippen LogP contribution in [0.2, 0.25) is 0 Å². The molecule has 0 aliphatic heterocycles. The molecule has 1 aromatic heterocycles. The lowest BCUT2D eigenvalue weighted by Gasteiger charge is -2.08. The number of rotatable bonds is 8. The molecular formula is C20H22N2O4S. The number of nitrogens with zero attached hydrogens (tertiary/aromatic N) is 1. The second kappa shape index (κ2) is 9.78. The van der Waals surface area contributed by atoms with Gasteiger partial charge in [-0.05, 0) is 44.0 Å². The molecule has 0 aliphatic carbocycles. The van der Waals surface area contributed by atoms with Crippen LogP contribution >= 0.6 is 12.2 Å². The van der Waals surface area contributed by atoms with Crippen LogP contribution in [0.15, 0.2) is 53.5 Å². The van der Waals surface area contributed by atoms with Gasteiger partial charge in [0.2, 0.25) is 5.91 Å². The Morgan fingerprint density at radius 3 is 2.56 bits per heavy atom. The number of carbonyl (C=O) groups excluding carboxylic acids is 2. The number of H-pyrrole nitrogens is 1. The molecule has 0 atom stereocenters. The van der Waals surface area contributed by atoms with E-state index in [9.17, 15) is 14.4 Å². The molecule has 0 saturated carbocycles. The zero-order valence-corrected chi connectivity index (χ0v) is 16.0. The summed E-state index contributed by atoms with van der Waals surface area (Å²) in [5.41, 5.74) is 1.15. The fraction of sp³-hybridized carbons (Fsp3) is 0.300. The van der Waals surface area contributed by atoms with Crippen molar-refractivity contribution in [2.24, 2.45) is 0 Å². The average molecular weight is 386 g/mol. The van der Waals surface area contributed by atoms with Crippen molar-refractivity contribution < 1.29 is 14.3 Å². The molecule has 0 fully saturated rings. The van der Waals surface area contributed by atoms with Gasteiger partial charge < -0.3 is 4.74 Å². The smallest absolute Gasteiger partial charge is 0.333 e. The van der Waals surface area contributed by atoms with Crippen molar-refractivity contribution in [1.82, 2.24) is 9.55 Å². The zero-order chi connectivity index (χ0) is 19.8. The summed E-state index contributed by atoms with van der Waals surface area (Å²) in [5, 5.41) is 0. The SMILES string of the molecule is C=C(C)C(=O)OCCCCCC(=O)n1cc(-c2ccccc2)c(=O)[nH]c1=S. The summed E-state index contributed by atoms with van der Waals surface area (Å²) in [6.07, 6.45) is 3.80. The normalized spacial score (nSPS) is 10.4. The minimum absolute atomic E-state index is 0.0834. The van der Waals surface area contributed by atoms with E-state index < -0.39 is 5.97 Å².